The monoisotopic (exact) mass is 519 g/mol. The summed E-state index contributed by atoms with van der Waals surface area (Å²) in [5, 5.41) is 15.8. The number of rotatable bonds is 11. The molecule has 0 saturated carbocycles. The van der Waals surface area contributed by atoms with Gasteiger partial charge in [-0.3, -0.25) is 9.17 Å². The van der Waals surface area contributed by atoms with Crippen molar-refractivity contribution < 1.29 is 31.9 Å². The molecule has 0 aliphatic carbocycles. The van der Waals surface area contributed by atoms with E-state index in [2.05, 4.69) is 4.98 Å². The van der Waals surface area contributed by atoms with Crippen LogP contribution in [0.1, 0.15) is 45.8 Å². The lowest BCUT2D eigenvalue weighted by Crippen LogP contribution is -2.21. The van der Waals surface area contributed by atoms with E-state index in [1.54, 1.807) is 31.5 Å². The van der Waals surface area contributed by atoms with Crippen molar-refractivity contribution in [2.75, 3.05) is 26.1 Å². The number of hydrogen-bond acceptors (Lipinski definition) is 9. The Labute approximate surface area is 211 Å². The van der Waals surface area contributed by atoms with Crippen molar-refractivity contribution in [3.63, 3.8) is 0 Å². The van der Waals surface area contributed by atoms with E-state index in [0.717, 1.165) is 42.0 Å². The van der Waals surface area contributed by atoms with E-state index in [9.17, 15) is 13.5 Å². The number of aromatic nitrogens is 3. The normalized spacial score (nSPS) is 18.2. The zero-order valence-corrected chi connectivity index (χ0v) is 21.6. The average molecular weight is 520 g/mol. The number of phenols is 1. The van der Waals surface area contributed by atoms with Gasteiger partial charge in [-0.1, -0.05) is 0 Å². The summed E-state index contributed by atoms with van der Waals surface area (Å²) < 4.78 is 46.7. The molecule has 0 bridgehead atoms. The van der Waals surface area contributed by atoms with E-state index in [-0.39, 0.29) is 18.1 Å². The molecule has 1 N–H and O–H groups in total. The van der Waals surface area contributed by atoms with E-state index in [0.29, 0.717) is 37.7 Å². The van der Waals surface area contributed by atoms with Crippen LogP contribution in [-0.4, -0.2) is 66.6 Å². The molecule has 0 spiro atoms. The minimum Gasteiger partial charge on any atom is -0.508 e. The highest BCUT2D eigenvalue weighted by Crippen LogP contribution is 2.35. The highest BCUT2D eigenvalue weighted by molar-refractivity contribution is 7.86. The van der Waals surface area contributed by atoms with Gasteiger partial charge in [0.25, 0.3) is 10.1 Å². The van der Waals surface area contributed by atoms with Crippen LogP contribution in [0.2, 0.25) is 0 Å². The molecular formula is C25H33N3O7S. The number of aromatic hydroxyl groups is 1. The third kappa shape index (κ3) is 6.94. The maximum atomic E-state index is 11.2. The smallest absolute Gasteiger partial charge is 0.264 e. The van der Waals surface area contributed by atoms with Gasteiger partial charge < -0.3 is 19.3 Å². The maximum Gasteiger partial charge on any atom is 0.264 e. The van der Waals surface area contributed by atoms with E-state index in [1.807, 2.05) is 23.7 Å². The fraction of sp³-hybridized carbons (Fsp3) is 0.520. The summed E-state index contributed by atoms with van der Waals surface area (Å²) in [6.07, 6.45) is 6.97. The van der Waals surface area contributed by atoms with Gasteiger partial charge in [-0.05, 0) is 63.8 Å². The molecule has 36 heavy (non-hydrogen) atoms. The first-order valence-electron chi connectivity index (χ1n) is 12.1. The van der Waals surface area contributed by atoms with E-state index >= 15 is 0 Å². The minimum atomic E-state index is -3.48. The van der Waals surface area contributed by atoms with Gasteiger partial charge in [-0.2, -0.15) is 13.5 Å². The molecule has 1 fully saturated rings. The van der Waals surface area contributed by atoms with Gasteiger partial charge in [0.15, 0.2) is 6.23 Å². The Balaban J connectivity index is 1.43. The third-order valence-corrected chi connectivity index (χ3v) is 6.48. The van der Waals surface area contributed by atoms with Crippen LogP contribution >= 0.6 is 0 Å². The van der Waals surface area contributed by atoms with Crippen LogP contribution < -0.4 is 4.74 Å². The summed E-state index contributed by atoms with van der Waals surface area (Å²) in [5.74, 6) is 0.726. The van der Waals surface area contributed by atoms with Gasteiger partial charge in [0.1, 0.15) is 23.3 Å². The van der Waals surface area contributed by atoms with Crippen molar-refractivity contribution in [2.45, 2.75) is 58.0 Å². The number of ether oxygens (including phenoxy) is 3. The summed E-state index contributed by atoms with van der Waals surface area (Å²) in [7, 11) is -3.48. The maximum absolute atomic E-state index is 11.2. The second-order valence-electron chi connectivity index (χ2n) is 9.13. The number of nitrogens with zero attached hydrogens (tertiary/aromatic N) is 3. The van der Waals surface area contributed by atoms with Crippen molar-refractivity contribution in [3.8, 4) is 22.8 Å². The van der Waals surface area contributed by atoms with Crippen molar-refractivity contribution in [1.82, 2.24) is 14.8 Å². The van der Waals surface area contributed by atoms with E-state index in [4.69, 9.17) is 23.5 Å². The Bertz CT molecular complexity index is 1270. The van der Waals surface area contributed by atoms with Gasteiger partial charge in [-0.25, -0.2) is 4.68 Å². The summed E-state index contributed by atoms with van der Waals surface area (Å²) in [5.41, 5.74) is 2.34. The van der Waals surface area contributed by atoms with Gasteiger partial charge in [0.2, 0.25) is 0 Å². The molecule has 3 heterocycles. The Kier molecular flexibility index (Phi) is 8.45. The molecule has 0 radical (unpaired) electrons. The summed E-state index contributed by atoms with van der Waals surface area (Å²) in [4.78, 5) is 4.34. The molecule has 3 atom stereocenters. The van der Waals surface area contributed by atoms with Gasteiger partial charge >= 0.3 is 0 Å². The Morgan fingerprint density at radius 1 is 1.19 bits per heavy atom. The molecule has 1 aliphatic rings. The largest absolute Gasteiger partial charge is 0.508 e. The zero-order valence-electron chi connectivity index (χ0n) is 20.8. The number of phenolic OH excluding ortho intramolecular Hbond substituents is 1. The summed E-state index contributed by atoms with van der Waals surface area (Å²) in [6, 6.07) is 7.08. The molecular weight excluding hydrogens is 486 g/mol. The predicted octanol–water partition coefficient (Wildman–Crippen LogP) is 4.04. The molecule has 10 nitrogen and oxygen atoms in total. The highest BCUT2D eigenvalue weighted by Gasteiger charge is 2.22. The van der Waals surface area contributed by atoms with Crippen LogP contribution in [0, 0.1) is 0 Å². The van der Waals surface area contributed by atoms with Crippen molar-refractivity contribution in [1.29, 1.82) is 0 Å². The molecule has 4 rings (SSSR count). The first-order chi connectivity index (χ1) is 17.2. The van der Waals surface area contributed by atoms with Crippen LogP contribution in [0.4, 0.5) is 0 Å². The average Bonchev–Trinajstić information content (AvgIpc) is 3.20. The van der Waals surface area contributed by atoms with E-state index < -0.39 is 16.2 Å². The lowest BCUT2D eigenvalue weighted by Gasteiger charge is -2.23. The van der Waals surface area contributed by atoms with Crippen molar-refractivity contribution in [3.05, 3.63) is 36.7 Å². The van der Waals surface area contributed by atoms with Gasteiger partial charge in [0, 0.05) is 30.4 Å². The van der Waals surface area contributed by atoms with Crippen LogP contribution in [0.25, 0.3) is 22.2 Å². The van der Waals surface area contributed by atoms with Crippen LogP contribution in [0.3, 0.4) is 0 Å². The SMILES string of the molecule is C[C@H](COCC[C@@H](C)OS(C)(=O)=O)Oc1cncc(-c2nn(C3CCCCO3)c3ccc(O)cc23)c1. The fourth-order valence-electron chi connectivity index (χ4n) is 4.20. The molecule has 1 aliphatic heterocycles. The topological polar surface area (TPSA) is 122 Å². The molecule has 1 unspecified atom stereocenters. The molecule has 2 aromatic heterocycles. The standard InChI is InChI=1S/C25H33N3O7S/c1-17(35-36(3,30)31)9-11-32-16-18(2)34-21-12-19(14-26-15-21)25-22-13-20(29)7-8-23(22)28(27-25)24-6-4-5-10-33-24/h7-8,12-15,17-18,24,29H,4-6,9-11,16H2,1-3H3/t17-,18-,24?/m1/s1. The number of pyridine rings is 1. The minimum absolute atomic E-state index is 0.144. The number of benzene rings is 1. The Hall–Kier alpha value is -2.73. The van der Waals surface area contributed by atoms with Crippen LogP contribution in [0.5, 0.6) is 11.5 Å². The first kappa shape index (κ1) is 26.3. The van der Waals surface area contributed by atoms with Crippen molar-refractivity contribution >= 4 is 21.0 Å². The summed E-state index contributed by atoms with van der Waals surface area (Å²) >= 11 is 0. The molecule has 3 aromatic rings. The first-order valence-corrected chi connectivity index (χ1v) is 13.9. The van der Waals surface area contributed by atoms with E-state index in [1.165, 1.54) is 0 Å². The second-order valence-corrected chi connectivity index (χ2v) is 10.7. The molecule has 11 heteroatoms. The number of fused-ring (bicyclic) bond motifs is 1. The molecule has 1 saturated heterocycles. The fourth-order valence-corrected chi connectivity index (χ4v) is 4.90. The molecule has 1 aromatic carbocycles. The quantitative estimate of drug-likeness (QED) is 0.295. The lowest BCUT2D eigenvalue weighted by atomic mass is 10.1. The molecule has 0 amide bonds. The Morgan fingerprint density at radius 3 is 2.78 bits per heavy atom. The van der Waals surface area contributed by atoms with Crippen LogP contribution in [0.15, 0.2) is 36.7 Å². The zero-order chi connectivity index (χ0) is 25.7. The van der Waals surface area contributed by atoms with Gasteiger partial charge in [0.05, 0.1) is 30.7 Å². The van der Waals surface area contributed by atoms with Crippen LogP contribution in [-0.2, 0) is 23.8 Å². The number of hydrogen-bond donors (Lipinski definition) is 1. The lowest BCUT2D eigenvalue weighted by molar-refractivity contribution is -0.0365. The van der Waals surface area contributed by atoms with Gasteiger partial charge in [-0.15, -0.1) is 0 Å². The van der Waals surface area contributed by atoms with Crippen molar-refractivity contribution in [2.24, 2.45) is 0 Å². The molecule has 196 valence electrons. The second kappa shape index (κ2) is 11.5. The summed E-state index contributed by atoms with van der Waals surface area (Å²) in [6.45, 7) is 4.94. The highest BCUT2D eigenvalue weighted by atomic mass is 32.2. The predicted molar refractivity (Wildman–Crippen MR) is 134 cm³/mol. The third-order valence-electron chi connectivity index (χ3n) is 5.80. The Morgan fingerprint density at radius 2 is 2.03 bits per heavy atom.